The summed E-state index contributed by atoms with van der Waals surface area (Å²) in [7, 11) is 0. The highest BCUT2D eigenvalue weighted by Gasteiger charge is 2.58. The zero-order chi connectivity index (χ0) is 84.6. The molecule has 0 amide bonds. The lowest BCUT2D eigenvalue weighted by Gasteiger charge is -2.33. The Bertz CT molecular complexity index is 7580. The molecule has 2 heterocycles. The predicted molar refractivity (Wildman–Crippen MR) is 526 cm³/mol. The summed E-state index contributed by atoms with van der Waals surface area (Å²) in [6.45, 7) is 21.5. The highest BCUT2D eigenvalue weighted by Crippen LogP contribution is 2.71. The first-order chi connectivity index (χ1) is 61.5. The molecule has 0 bridgehead atoms. The van der Waals surface area contributed by atoms with Crippen molar-refractivity contribution < 1.29 is 8.83 Å². The van der Waals surface area contributed by atoms with Crippen molar-refractivity contribution in [3.05, 3.63) is 399 Å². The molecular formula is C123H103NO2. The van der Waals surface area contributed by atoms with Gasteiger partial charge in [-0.25, -0.2) is 0 Å². The van der Waals surface area contributed by atoms with Gasteiger partial charge in [0.05, 0.1) is 10.8 Å². The van der Waals surface area contributed by atoms with Crippen LogP contribution in [-0.4, -0.2) is 0 Å². The second-order valence-corrected chi connectivity index (χ2v) is 39.8. The van der Waals surface area contributed by atoms with E-state index in [1.165, 1.54) is 255 Å². The molecule has 7 aliphatic rings. The molecule has 0 aliphatic heterocycles. The zero-order valence-electron chi connectivity index (χ0n) is 73.8. The molecule has 126 heavy (non-hydrogen) atoms. The first-order valence-electron chi connectivity index (χ1n) is 46.8. The van der Waals surface area contributed by atoms with Crippen molar-refractivity contribution in [3.63, 3.8) is 0 Å². The van der Waals surface area contributed by atoms with Gasteiger partial charge in [-0.05, 0) is 287 Å². The predicted octanol–water partition coefficient (Wildman–Crippen LogP) is 33.9. The third-order valence-electron chi connectivity index (χ3n) is 31.6. The Balaban J connectivity index is 0.628. The highest BCUT2D eigenvalue weighted by atomic mass is 16.3. The maximum Gasteiger partial charge on any atom is 0.143 e. The Hall–Kier alpha value is -13.1. The smallest absolute Gasteiger partial charge is 0.143 e. The molecule has 3 heteroatoms. The molecule has 25 rings (SSSR count). The lowest BCUT2D eigenvalue weighted by Crippen LogP contribution is -2.27. The van der Waals surface area contributed by atoms with Crippen LogP contribution >= 0.6 is 0 Å². The lowest BCUT2D eigenvalue weighted by atomic mass is 9.68. The molecule has 0 saturated heterocycles. The van der Waals surface area contributed by atoms with Gasteiger partial charge in [-0.2, -0.15) is 0 Å². The number of unbranched alkanes of at least 4 members (excludes halogenated alkanes) is 8. The largest absolute Gasteiger partial charge is 0.456 e. The molecule has 0 fully saturated rings. The van der Waals surface area contributed by atoms with Crippen LogP contribution in [0, 0.1) is 0 Å². The molecule has 0 radical (unpaired) electrons. The second-order valence-electron chi connectivity index (χ2n) is 39.8. The van der Waals surface area contributed by atoms with Gasteiger partial charge in [-0.3, -0.25) is 0 Å². The fraction of sp³-hybridized carbons (Fsp3) is 0.220. The molecule has 2 aromatic heterocycles. The van der Waals surface area contributed by atoms with E-state index in [-0.39, 0.29) is 16.2 Å². The summed E-state index contributed by atoms with van der Waals surface area (Å²) in [6.07, 6.45) is 15.3. The van der Waals surface area contributed by atoms with Crippen molar-refractivity contribution in [3.8, 4) is 100 Å². The first kappa shape index (κ1) is 75.4. The van der Waals surface area contributed by atoms with E-state index < -0.39 is 16.2 Å². The van der Waals surface area contributed by atoms with E-state index >= 15 is 0 Å². The second kappa shape index (κ2) is 27.5. The van der Waals surface area contributed by atoms with Crippen molar-refractivity contribution in [1.29, 1.82) is 0 Å². The molecule has 612 valence electrons. The number of fused-ring (bicyclic) bond motifs is 37. The summed E-state index contributed by atoms with van der Waals surface area (Å²) < 4.78 is 14.3. The van der Waals surface area contributed by atoms with Crippen LogP contribution in [0.15, 0.2) is 324 Å². The maximum absolute atomic E-state index is 7.35. The fourth-order valence-electron chi connectivity index (χ4n) is 25.6. The van der Waals surface area contributed by atoms with Crippen LogP contribution in [0.4, 0.5) is 17.1 Å². The molecule has 18 aromatic rings. The van der Waals surface area contributed by atoms with Crippen LogP contribution in [0.3, 0.4) is 0 Å². The van der Waals surface area contributed by atoms with Crippen molar-refractivity contribution in [1.82, 2.24) is 0 Å². The number of hydrogen-bond acceptors (Lipinski definition) is 3. The molecule has 16 aromatic carbocycles. The first-order valence-corrected chi connectivity index (χ1v) is 46.8. The highest BCUT2D eigenvalue weighted by molar-refractivity contribution is 6.20. The Morgan fingerprint density at radius 2 is 0.659 bits per heavy atom. The van der Waals surface area contributed by atoms with E-state index in [1.807, 2.05) is 0 Å². The Labute approximate surface area is 740 Å². The quantitative estimate of drug-likeness (QED) is 0.0851. The number of hydrogen-bond donors (Lipinski definition) is 0. The van der Waals surface area contributed by atoms with Gasteiger partial charge in [0.2, 0.25) is 0 Å². The van der Waals surface area contributed by atoms with Gasteiger partial charge in [0.1, 0.15) is 22.3 Å². The van der Waals surface area contributed by atoms with Crippen LogP contribution in [0.2, 0.25) is 0 Å². The molecule has 3 nitrogen and oxygen atoms in total. The minimum Gasteiger partial charge on any atom is -0.456 e. The van der Waals surface area contributed by atoms with E-state index in [0.29, 0.717) is 0 Å². The normalized spacial score (nSPS) is 15.4. The van der Waals surface area contributed by atoms with Gasteiger partial charge in [-0.1, -0.05) is 351 Å². The van der Waals surface area contributed by atoms with Crippen molar-refractivity contribution in [2.75, 3.05) is 4.90 Å². The van der Waals surface area contributed by atoms with E-state index in [1.54, 1.807) is 11.1 Å². The number of rotatable bonds is 17. The van der Waals surface area contributed by atoms with Crippen LogP contribution < -0.4 is 4.90 Å². The monoisotopic (exact) mass is 1630 g/mol. The van der Waals surface area contributed by atoms with E-state index in [2.05, 4.69) is 383 Å². The SMILES string of the molecule is CCCCCCCC1(CCCCCCC)c2ccccc2-c2ccc(-c3ccc4c(c3)C(C)(C)c3cc(-c5cc6c(c7c5oc5ccccc57)-c5ccc(N(c7ccc(C(C)(C)C)cc7)c7ccc8c(c7)C7(c9ccccc9-c9ccccc97)c7cc9c(cc7-8)C7(c8ccccc8-c8ccccc87)c7ccc8oc%10ccccc%10c8c7-9)cc5C6(C)C)ccc3-4)cc21. The van der Waals surface area contributed by atoms with E-state index in [9.17, 15) is 0 Å². The number of para-hydroxylation sites is 2. The molecule has 2 spiro atoms. The number of anilines is 3. The average Bonchev–Trinajstić information content (AvgIpc) is 1.48. The lowest BCUT2D eigenvalue weighted by molar-refractivity contribution is 0.399. The number of nitrogens with zero attached hydrogens (tertiary/aromatic N) is 1. The third-order valence-corrected chi connectivity index (χ3v) is 31.6. The van der Waals surface area contributed by atoms with Crippen LogP contribution in [0.5, 0.6) is 0 Å². The minimum atomic E-state index is -0.704. The zero-order valence-corrected chi connectivity index (χ0v) is 73.8. The summed E-state index contributed by atoms with van der Waals surface area (Å²) in [6, 6.07) is 123. The summed E-state index contributed by atoms with van der Waals surface area (Å²) in [5.74, 6) is 0. The standard InChI is InChI=1S/C123H103NO2/c1-10-12-14-16-32-64-121(65-33-17-15-13-11-2)96-41-25-18-34-81(96)88-58-49-75(67-105(88)121)74-48-57-86-87-59-50-76(68-103(87)119(6,7)102(86)66-74)93-71-109-113(116-92-40-24-31-47-111(92)126-117(93)116)90-61-56-79(69-104(90)120(109,8)9)124(78-53-51-77(52-54-78)118(3,4)5)80-55-60-89-94-72-108-95(73-107(94)123(106(89)70-80)99-44-28-21-37-84(99)85-38-22-29-45-100(85)123)114-101(62-63-112-115(114)91-39-23-30-46-110(91)125-112)122(108)97-42-26-19-35-82(97)83-36-20-27-43-98(83)122/h18-31,34-63,66-73H,10-17,32-33,64-65H2,1-9H3. The average molecular weight is 1630 g/mol. The minimum absolute atomic E-state index is 0.0167. The summed E-state index contributed by atoms with van der Waals surface area (Å²) >= 11 is 0. The maximum atomic E-state index is 7.35. The van der Waals surface area contributed by atoms with Gasteiger partial charge >= 0.3 is 0 Å². The summed E-state index contributed by atoms with van der Waals surface area (Å²) in [5, 5.41) is 4.63. The van der Waals surface area contributed by atoms with Gasteiger partial charge in [0.25, 0.3) is 0 Å². The molecular weight excluding hydrogens is 1520 g/mol. The van der Waals surface area contributed by atoms with Crippen molar-refractivity contribution in [2.45, 2.75) is 172 Å². The van der Waals surface area contributed by atoms with Crippen LogP contribution in [0.1, 0.15) is 223 Å². The fourth-order valence-corrected chi connectivity index (χ4v) is 25.6. The summed E-state index contributed by atoms with van der Waals surface area (Å²) in [4.78, 5) is 2.57. The van der Waals surface area contributed by atoms with Gasteiger partial charge in [0.15, 0.2) is 0 Å². The topological polar surface area (TPSA) is 29.5 Å². The number of benzene rings is 16. The Kier molecular flexibility index (Phi) is 16.4. The van der Waals surface area contributed by atoms with Crippen molar-refractivity contribution >= 4 is 60.9 Å². The van der Waals surface area contributed by atoms with Crippen LogP contribution in [-0.2, 0) is 32.5 Å². The van der Waals surface area contributed by atoms with Crippen LogP contribution in [0.25, 0.3) is 144 Å². The molecule has 0 N–H and O–H groups in total. The molecule has 7 aliphatic carbocycles. The van der Waals surface area contributed by atoms with Gasteiger partial charge in [-0.15, -0.1) is 0 Å². The number of furan rings is 2. The molecule has 0 unspecified atom stereocenters. The third kappa shape index (κ3) is 10.2. The van der Waals surface area contributed by atoms with Gasteiger partial charge in [0, 0.05) is 60.4 Å². The summed E-state index contributed by atoms with van der Waals surface area (Å²) in [5.41, 5.74) is 48.3. The van der Waals surface area contributed by atoms with E-state index in [0.717, 1.165) is 55.7 Å². The van der Waals surface area contributed by atoms with Gasteiger partial charge < -0.3 is 13.7 Å². The molecule has 0 atom stereocenters. The Morgan fingerprint density at radius 3 is 1.25 bits per heavy atom. The van der Waals surface area contributed by atoms with Crippen molar-refractivity contribution in [2.24, 2.45) is 0 Å². The van der Waals surface area contributed by atoms with E-state index in [4.69, 9.17) is 8.83 Å². The Morgan fingerprint density at radius 1 is 0.262 bits per heavy atom. The molecule has 0 saturated carbocycles.